The first kappa shape index (κ1) is 27.1. The molecule has 12 heteroatoms. The van der Waals surface area contributed by atoms with Crippen LogP contribution in [0.1, 0.15) is 16.7 Å². The van der Waals surface area contributed by atoms with E-state index in [1.807, 2.05) is 0 Å². The molecule has 0 aliphatic heterocycles. The molecule has 0 atom stereocenters. The first-order valence-corrected chi connectivity index (χ1v) is 10.8. The second-order valence-corrected chi connectivity index (χ2v) is 7.68. The molecule has 0 bridgehead atoms. The van der Waals surface area contributed by atoms with E-state index in [-0.39, 0.29) is 34.1 Å². The zero-order valence-corrected chi connectivity index (χ0v) is 18.8. The topological polar surface area (TPSA) is 59.6 Å². The second-order valence-electron chi connectivity index (χ2n) is 6.82. The van der Waals surface area contributed by atoms with E-state index in [9.17, 15) is 30.7 Å². The van der Waals surface area contributed by atoms with Crippen molar-refractivity contribution in [2.45, 2.75) is 17.9 Å². The first-order chi connectivity index (χ1) is 15.8. The van der Waals surface area contributed by atoms with Crippen LogP contribution in [0, 0.1) is 5.82 Å². The van der Waals surface area contributed by atoms with Crippen molar-refractivity contribution < 1.29 is 35.5 Å². The second kappa shape index (κ2) is 10.9. The molecule has 0 aromatic heterocycles. The SMILES string of the molecule is C=C(/N=C(\C(F)=C/N)c1ccc(F)cc1OC)Nc1cc(CSC)cc(C(F)(F)C(F)(F)F)c1. The third kappa shape index (κ3) is 6.25. The van der Waals surface area contributed by atoms with Gasteiger partial charge in [0.05, 0.1) is 7.11 Å². The average molecular weight is 507 g/mol. The Hall–Kier alpha value is -3.15. The standard InChI is InChI=1S/C22H20F7N3OS/c1-12(32-20(18(24)10-30)17-5-4-15(23)9-19(17)33-2)31-16-7-13(11-34-3)6-14(8-16)21(25,26)22(27,28)29/h4-10,31H,1,11,30H2,2-3H3/b18-10+,32-20-. The number of nitrogens with zero attached hydrogens (tertiary/aromatic N) is 1. The Morgan fingerprint density at radius 2 is 1.85 bits per heavy atom. The highest BCUT2D eigenvalue weighted by Crippen LogP contribution is 2.45. The summed E-state index contributed by atoms with van der Waals surface area (Å²) in [6, 6.07) is 5.86. The number of aliphatic imine (C=N–C) groups is 1. The molecule has 0 radical (unpaired) electrons. The Bertz CT molecular complexity index is 1110. The minimum absolute atomic E-state index is 0.00789. The van der Waals surface area contributed by atoms with Gasteiger partial charge in [-0.2, -0.15) is 33.7 Å². The molecule has 0 unspecified atom stereocenters. The molecule has 0 aliphatic carbocycles. The van der Waals surface area contributed by atoms with Gasteiger partial charge in [-0.05, 0) is 42.2 Å². The maximum Gasteiger partial charge on any atom is 0.458 e. The van der Waals surface area contributed by atoms with Crippen LogP contribution in [0.5, 0.6) is 5.75 Å². The van der Waals surface area contributed by atoms with E-state index in [2.05, 4.69) is 16.9 Å². The summed E-state index contributed by atoms with van der Waals surface area (Å²) in [5, 5.41) is 2.49. The van der Waals surface area contributed by atoms with Crippen molar-refractivity contribution in [1.82, 2.24) is 0 Å². The van der Waals surface area contributed by atoms with Gasteiger partial charge in [0.1, 0.15) is 23.1 Å². The van der Waals surface area contributed by atoms with Crippen LogP contribution < -0.4 is 15.8 Å². The first-order valence-electron chi connectivity index (χ1n) is 9.38. The highest BCUT2D eigenvalue weighted by molar-refractivity contribution is 7.97. The number of benzene rings is 2. The summed E-state index contributed by atoms with van der Waals surface area (Å²) in [6.07, 6.45) is -3.58. The zero-order chi connectivity index (χ0) is 25.7. The highest BCUT2D eigenvalue weighted by Gasteiger charge is 2.58. The van der Waals surface area contributed by atoms with E-state index in [0.717, 1.165) is 18.2 Å². The number of ether oxygens (including phenoxy) is 1. The Morgan fingerprint density at radius 1 is 1.18 bits per heavy atom. The van der Waals surface area contributed by atoms with E-state index in [1.165, 1.54) is 31.0 Å². The number of thioether (sulfide) groups is 1. The Balaban J connectivity index is 2.52. The predicted molar refractivity (Wildman–Crippen MR) is 119 cm³/mol. The highest BCUT2D eigenvalue weighted by atomic mass is 32.2. The number of rotatable bonds is 9. The molecular weight excluding hydrogens is 487 g/mol. The monoisotopic (exact) mass is 507 g/mol. The van der Waals surface area contributed by atoms with Gasteiger partial charge in [0.15, 0.2) is 5.83 Å². The van der Waals surface area contributed by atoms with E-state index in [1.54, 1.807) is 6.26 Å². The molecule has 0 spiro atoms. The Labute approximate surface area is 195 Å². The van der Waals surface area contributed by atoms with Gasteiger partial charge in [0, 0.05) is 34.8 Å². The minimum atomic E-state index is -5.81. The fourth-order valence-corrected chi connectivity index (χ4v) is 3.37. The van der Waals surface area contributed by atoms with Crippen LogP contribution >= 0.6 is 11.8 Å². The van der Waals surface area contributed by atoms with Gasteiger partial charge in [-0.3, -0.25) is 0 Å². The normalized spacial score (nSPS) is 13.1. The van der Waals surface area contributed by atoms with Crippen LogP contribution in [-0.2, 0) is 11.7 Å². The maximum absolute atomic E-state index is 14.5. The van der Waals surface area contributed by atoms with Crippen LogP contribution in [0.15, 0.2) is 65.8 Å². The number of hydrogen-bond donors (Lipinski definition) is 2. The summed E-state index contributed by atoms with van der Waals surface area (Å²) in [5.41, 5.74) is 3.53. The summed E-state index contributed by atoms with van der Waals surface area (Å²) in [6.45, 7) is 3.56. The predicted octanol–water partition coefficient (Wildman–Crippen LogP) is 6.49. The van der Waals surface area contributed by atoms with Crippen molar-refractivity contribution in [2.24, 2.45) is 10.7 Å². The van der Waals surface area contributed by atoms with Gasteiger partial charge in [-0.1, -0.05) is 6.58 Å². The van der Waals surface area contributed by atoms with E-state index < -0.39 is 35.0 Å². The number of methoxy groups -OCH3 is 1. The van der Waals surface area contributed by atoms with E-state index in [4.69, 9.17) is 10.5 Å². The molecule has 0 heterocycles. The van der Waals surface area contributed by atoms with Crippen molar-refractivity contribution in [3.8, 4) is 5.75 Å². The molecule has 2 aromatic rings. The van der Waals surface area contributed by atoms with E-state index >= 15 is 0 Å². The van der Waals surface area contributed by atoms with Crippen LogP contribution in [0.4, 0.5) is 36.4 Å². The third-order valence-electron chi connectivity index (χ3n) is 4.35. The van der Waals surface area contributed by atoms with E-state index in [0.29, 0.717) is 12.3 Å². The summed E-state index contributed by atoms with van der Waals surface area (Å²) < 4.78 is 99.7. The Morgan fingerprint density at radius 3 is 2.41 bits per heavy atom. The van der Waals surface area contributed by atoms with Gasteiger partial charge in [-0.15, -0.1) is 0 Å². The number of nitrogens with two attached hydrogens (primary N) is 1. The quantitative estimate of drug-likeness (QED) is 0.301. The molecule has 3 N–H and O–H groups in total. The lowest BCUT2D eigenvalue weighted by atomic mass is 10.0. The van der Waals surface area contributed by atoms with Gasteiger partial charge in [0.25, 0.3) is 0 Å². The lowest BCUT2D eigenvalue weighted by Crippen LogP contribution is -2.33. The maximum atomic E-state index is 14.5. The fraction of sp³-hybridized carbons (Fsp3) is 0.227. The van der Waals surface area contributed by atoms with Gasteiger partial charge >= 0.3 is 12.1 Å². The van der Waals surface area contributed by atoms with Crippen molar-refractivity contribution in [3.63, 3.8) is 0 Å². The lowest BCUT2D eigenvalue weighted by Gasteiger charge is -2.21. The van der Waals surface area contributed by atoms with Gasteiger partial charge in [0.2, 0.25) is 0 Å². The lowest BCUT2D eigenvalue weighted by molar-refractivity contribution is -0.289. The number of alkyl halides is 5. The van der Waals surface area contributed by atoms with Crippen molar-refractivity contribution in [3.05, 3.63) is 83.3 Å². The Kier molecular flexibility index (Phi) is 8.65. The third-order valence-corrected chi connectivity index (χ3v) is 4.97. The van der Waals surface area contributed by atoms with Crippen molar-refractivity contribution >= 4 is 23.2 Å². The summed E-state index contributed by atoms with van der Waals surface area (Å²) >= 11 is 1.21. The molecule has 2 rings (SSSR count). The van der Waals surface area contributed by atoms with Crippen LogP contribution in [0.2, 0.25) is 0 Å². The summed E-state index contributed by atoms with van der Waals surface area (Å²) in [7, 11) is 1.21. The minimum Gasteiger partial charge on any atom is -0.496 e. The zero-order valence-electron chi connectivity index (χ0n) is 17.9. The molecule has 0 fully saturated rings. The molecular formula is C22H20F7N3OS. The number of allylic oxidation sites excluding steroid dienone is 1. The molecule has 0 saturated heterocycles. The fourth-order valence-electron chi connectivity index (χ4n) is 2.87. The van der Waals surface area contributed by atoms with Crippen LogP contribution in [0.25, 0.3) is 0 Å². The number of nitrogens with one attached hydrogen (secondary N) is 1. The van der Waals surface area contributed by atoms with Gasteiger partial charge < -0.3 is 15.8 Å². The number of hydrogen-bond acceptors (Lipinski definition) is 5. The largest absolute Gasteiger partial charge is 0.496 e. The van der Waals surface area contributed by atoms with Crippen LogP contribution in [-0.4, -0.2) is 25.3 Å². The molecule has 0 amide bonds. The number of anilines is 1. The number of halogens is 7. The van der Waals surface area contributed by atoms with Crippen molar-refractivity contribution in [2.75, 3.05) is 18.7 Å². The molecule has 34 heavy (non-hydrogen) atoms. The smallest absolute Gasteiger partial charge is 0.458 e. The molecule has 4 nitrogen and oxygen atoms in total. The molecule has 0 aliphatic rings. The summed E-state index contributed by atoms with van der Waals surface area (Å²) in [5.74, 6) is -7.08. The molecule has 0 saturated carbocycles. The average Bonchev–Trinajstić information content (AvgIpc) is 2.76. The molecule has 2 aromatic carbocycles. The van der Waals surface area contributed by atoms with Gasteiger partial charge in [-0.25, -0.2) is 13.8 Å². The molecule has 184 valence electrons. The van der Waals surface area contributed by atoms with Crippen molar-refractivity contribution in [1.29, 1.82) is 0 Å². The van der Waals surface area contributed by atoms with Crippen LogP contribution in [0.3, 0.4) is 0 Å². The summed E-state index contributed by atoms with van der Waals surface area (Å²) in [4.78, 5) is 3.94.